The third-order valence-electron chi connectivity index (χ3n) is 6.23. The van der Waals surface area contributed by atoms with Gasteiger partial charge in [0.25, 0.3) is 0 Å². The van der Waals surface area contributed by atoms with Crippen LogP contribution in [0.25, 0.3) is 0 Å². The van der Waals surface area contributed by atoms with Gasteiger partial charge >= 0.3 is 13.7 Å². The Morgan fingerprint density at radius 1 is 1.05 bits per heavy atom. The summed E-state index contributed by atoms with van der Waals surface area (Å²) in [5.74, 6) is -1.28. The van der Waals surface area contributed by atoms with Crippen molar-refractivity contribution in [3.8, 4) is 11.5 Å². The zero-order valence-corrected chi connectivity index (χ0v) is 24.1. The first-order valence-corrected chi connectivity index (χ1v) is 14.5. The van der Waals surface area contributed by atoms with Crippen molar-refractivity contribution >= 4 is 19.6 Å². The molecule has 1 aliphatic heterocycles. The van der Waals surface area contributed by atoms with Crippen LogP contribution in [-0.2, 0) is 34.8 Å². The van der Waals surface area contributed by atoms with Gasteiger partial charge in [0.2, 0.25) is 5.91 Å². The zero-order chi connectivity index (χ0) is 30.2. The Morgan fingerprint density at radius 2 is 1.68 bits per heavy atom. The van der Waals surface area contributed by atoms with Crippen molar-refractivity contribution in [3.05, 3.63) is 60.2 Å². The summed E-state index contributed by atoms with van der Waals surface area (Å²) >= 11 is 0. The van der Waals surface area contributed by atoms with E-state index < -0.39 is 68.8 Å². The molecule has 1 aliphatic rings. The second kappa shape index (κ2) is 14.7. The first kappa shape index (κ1) is 32.5. The third-order valence-corrected chi connectivity index (χ3v) is 7.80. The van der Waals surface area contributed by atoms with Gasteiger partial charge in [-0.15, -0.1) is 0 Å². The maximum Gasteiger partial charge on any atom is 0.459 e. The number of carbonyl (C=O) groups is 2. The molecule has 2 aromatic carbocycles. The Hall–Kier alpha value is -3.03. The second-order valence-corrected chi connectivity index (χ2v) is 11.4. The topological polar surface area (TPSA) is 182 Å². The number of esters is 1. The molecule has 0 radical (unpaired) electrons. The predicted octanol–water partition coefficient (Wildman–Crippen LogP) is 1.50. The number of hydrogen-bond donors (Lipinski definition) is 5. The first-order chi connectivity index (χ1) is 19.5. The molecule has 0 aromatic heterocycles. The highest BCUT2D eigenvalue weighted by atomic mass is 31.2. The van der Waals surface area contributed by atoms with E-state index in [1.807, 2.05) is 6.07 Å². The van der Waals surface area contributed by atoms with Crippen molar-refractivity contribution in [1.29, 1.82) is 0 Å². The van der Waals surface area contributed by atoms with Gasteiger partial charge in [0, 0.05) is 6.92 Å². The molecule has 226 valence electrons. The molecule has 1 amide bonds. The van der Waals surface area contributed by atoms with Gasteiger partial charge in [-0.05, 0) is 35.7 Å². The van der Waals surface area contributed by atoms with Crippen molar-refractivity contribution in [3.63, 3.8) is 0 Å². The Labute approximate surface area is 238 Å². The van der Waals surface area contributed by atoms with Gasteiger partial charge < -0.3 is 39.4 Å². The van der Waals surface area contributed by atoms with Crippen LogP contribution in [0.1, 0.15) is 26.3 Å². The number of nitrogens with one attached hydrogen (secondary N) is 2. The Balaban J connectivity index is 1.94. The molecule has 3 rings (SSSR count). The summed E-state index contributed by atoms with van der Waals surface area (Å²) in [5, 5.41) is 36.1. The van der Waals surface area contributed by atoms with E-state index in [0.717, 1.165) is 12.5 Å². The maximum absolute atomic E-state index is 14.4. The largest absolute Gasteiger partial charge is 0.497 e. The van der Waals surface area contributed by atoms with Crippen molar-refractivity contribution in [2.24, 2.45) is 5.92 Å². The van der Waals surface area contributed by atoms with Crippen molar-refractivity contribution in [1.82, 2.24) is 10.4 Å². The number of hydrogen-bond acceptors (Lipinski definition) is 11. The molecule has 5 N–H and O–H groups in total. The molecule has 2 unspecified atom stereocenters. The van der Waals surface area contributed by atoms with E-state index in [1.54, 1.807) is 50.2 Å². The lowest BCUT2D eigenvalue weighted by atomic mass is 9.97. The summed E-state index contributed by atoms with van der Waals surface area (Å²) in [6, 6.07) is 12.3. The SMILES string of the molecule is COc1ccc(OP(=O)(N[C@H](C(=O)OCc2ccccc2)C(C)C)O[C@H]2[C@H](O)[C@@H](CO)OC(O)[C@@H]2NC(C)=O)cc1. The highest BCUT2D eigenvalue weighted by Gasteiger charge is 2.50. The second-order valence-electron chi connectivity index (χ2n) is 9.74. The Morgan fingerprint density at radius 3 is 2.24 bits per heavy atom. The Kier molecular flexibility index (Phi) is 11.7. The quantitative estimate of drug-likeness (QED) is 0.166. The van der Waals surface area contributed by atoms with Crippen LogP contribution in [0.2, 0.25) is 0 Å². The smallest absolute Gasteiger partial charge is 0.459 e. The van der Waals surface area contributed by atoms with Crippen LogP contribution in [0.15, 0.2) is 54.6 Å². The standard InChI is InChI=1S/C27H37N2O11P/c1-16(2)22(26(33)37-15-18-8-6-5-7-9-18)29-41(35,39-20-12-10-19(36-4)11-13-20)40-25-23(28-17(3)31)27(34)38-21(14-30)24(25)32/h5-13,16,21-25,27,30,32,34H,14-15H2,1-4H3,(H,28,31)(H,29,35)/t21-,22+,23-,24-,25-,27?,41?/m1/s1. The fraction of sp³-hybridized carbons (Fsp3) is 0.481. The van der Waals surface area contributed by atoms with Crippen molar-refractivity contribution in [2.45, 2.75) is 64.1 Å². The summed E-state index contributed by atoms with van der Waals surface area (Å²) < 4.78 is 41.8. The highest BCUT2D eigenvalue weighted by molar-refractivity contribution is 7.52. The number of aliphatic hydroxyl groups is 3. The van der Waals surface area contributed by atoms with E-state index in [-0.39, 0.29) is 12.4 Å². The summed E-state index contributed by atoms with van der Waals surface area (Å²) in [5.41, 5.74) is 0.741. The molecular weight excluding hydrogens is 559 g/mol. The van der Waals surface area contributed by atoms with Crippen molar-refractivity contribution < 1.29 is 52.7 Å². The van der Waals surface area contributed by atoms with Crippen LogP contribution in [0.4, 0.5) is 0 Å². The molecule has 0 spiro atoms. The molecule has 1 heterocycles. The third kappa shape index (κ3) is 8.98. The number of rotatable bonds is 13. The van der Waals surface area contributed by atoms with Gasteiger partial charge in [-0.1, -0.05) is 44.2 Å². The Bertz CT molecular complexity index is 1180. The van der Waals surface area contributed by atoms with Crippen LogP contribution in [0.5, 0.6) is 11.5 Å². The molecule has 1 fully saturated rings. The van der Waals surface area contributed by atoms with Crippen molar-refractivity contribution in [2.75, 3.05) is 13.7 Å². The maximum atomic E-state index is 14.4. The fourth-order valence-corrected chi connectivity index (χ4v) is 5.95. The molecular formula is C27H37N2O11P. The number of methoxy groups -OCH3 is 1. The summed E-state index contributed by atoms with van der Waals surface area (Å²) in [6.45, 7) is 3.78. The van der Waals surface area contributed by atoms with E-state index >= 15 is 0 Å². The minimum Gasteiger partial charge on any atom is -0.497 e. The fourth-order valence-electron chi connectivity index (χ4n) is 4.07. The molecule has 14 heteroatoms. The van der Waals surface area contributed by atoms with Gasteiger partial charge in [0.15, 0.2) is 6.29 Å². The van der Waals surface area contributed by atoms with Crippen LogP contribution < -0.4 is 19.7 Å². The molecule has 0 bridgehead atoms. The van der Waals surface area contributed by atoms with E-state index in [1.165, 1.54) is 19.2 Å². The normalized spacial score (nSPS) is 24.6. The monoisotopic (exact) mass is 596 g/mol. The molecule has 0 aliphatic carbocycles. The lowest BCUT2D eigenvalue weighted by Crippen LogP contribution is -2.64. The van der Waals surface area contributed by atoms with Crippen LogP contribution in [0.3, 0.4) is 0 Å². The zero-order valence-electron chi connectivity index (χ0n) is 23.2. The first-order valence-electron chi connectivity index (χ1n) is 13.0. The van der Waals surface area contributed by atoms with Gasteiger partial charge in [0.05, 0.1) is 13.7 Å². The van der Waals surface area contributed by atoms with Crippen LogP contribution in [0, 0.1) is 5.92 Å². The van der Waals surface area contributed by atoms with Gasteiger partial charge in [-0.2, -0.15) is 5.09 Å². The predicted molar refractivity (Wildman–Crippen MR) is 146 cm³/mol. The summed E-state index contributed by atoms with van der Waals surface area (Å²) in [6.07, 6.45) is -6.36. The number of carbonyl (C=O) groups excluding carboxylic acids is 2. The van der Waals surface area contributed by atoms with Gasteiger partial charge in [-0.25, -0.2) is 4.57 Å². The van der Waals surface area contributed by atoms with E-state index in [2.05, 4.69) is 10.4 Å². The number of amides is 1. The number of ether oxygens (including phenoxy) is 3. The molecule has 2 aromatic rings. The molecule has 13 nitrogen and oxygen atoms in total. The summed E-state index contributed by atoms with van der Waals surface area (Å²) in [4.78, 5) is 25.0. The average Bonchev–Trinajstić information content (AvgIpc) is 2.95. The molecule has 0 saturated carbocycles. The van der Waals surface area contributed by atoms with E-state index in [0.29, 0.717) is 5.75 Å². The van der Waals surface area contributed by atoms with E-state index in [4.69, 9.17) is 23.3 Å². The van der Waals surface area contributed by atoms with E-state index in [9.17, 15) is 29.5 Å². The summed E-state index contributed by atoms with van der Waals surface area (Å²) in [7, 11) is -3.16. The van der Waals surface area contributed by atoms with Gasteiger partial charge in [-0.3, -0.25) is 14.1 Å². The minimum absolute atomic E-state index is 0.0390. The van der Waals surface area contributed by atoms with Crippen LogP contribution in [-0.4, -0.2) is 77.6 Å². The van der Waals surface area contributed by atoms with Crippen LogP contribution >= 0.6 is 7.75 Å². The number of aliphatic hydroxyl groups excluding tert-OH is 3. The highest BCUT2D eigenvalue weighted by Crippen LogP contribution is 2.48. The lowest BCUT2D eigenvalue weighted by Gasteiger charge is -2.43. The average molecular weight is 597 g/mol. The minimum atomic E-state index is -4.63. The molecule has 41 heavy (non-hydrogen) atoms. The lowest BCUT2D eigenvalue weighted by molar-refractivity contribution is -0.250. The molecule has 7 atom stereocenters. The number of benzene rings is 2. The molecule has 1 saturated heterocycles. The van der Waals surface area contributed by atoms with Gasteiger partial charge in [0.1, 0.15) is 48.5 Å².